The number of nitrogens with two attached hydrogens (primary N) is 2. The number of carboxylic acid groups (broad SMARTS) is 2. The molecule has 11 heteroatoms. The number of benzene rings is 2. The number of phenols is 1. The van der Waals surface area contributed by atoms with Crippen molar-refractivity contribution in [2.24, 2.45) is 0 Å². The van der Waals surface area contributed by atoms with Gasteiger partial charge < -0.3 is 40.4 Å². The van der Waals surface area contributed by atoms with E-state index >= 15 is 0 Å². The van der Waals surface area contributed by atoms with E-state index in [2.05, 4.69) is 0 Å². The molecule has 7 N–H and O–H groups in total. The maximum atomic E-state index is 11.0. The van der Waals surface area contributed by atoms with Crippen molar-refractivity contribution in [2.45, 2.75) is 13.8 Å². The van der Waals surface area contributed by atoms with Crippen LogP contribution in [0, 0.1) is 13.8 Å². The quantitative estimate of drug-likeness (QED) is 0.157. The molecule has 0 spiro atoms. The molecule has 2 aromatic carbocycles. The van der Waals surface area contributed by atoms with Crippen LogP contribution in [0.2, 0.25) is 0 Å². The average molecular weight is 561 g/mol. The van der Waals surface area contributed by atoms with Crippen molar-refractivity contribution in [1.29, 1.82) is 0 Å². The molecule has 0 radical (unpaired) electrons. The number of hydrogen-bond donors (Lipinski definition) is 5. The molecule has 0 aliphatic rings. The maximum Gasteiger partial charge on any atom is 0.339 e. The Labute approximate surface area is 216 Å². The lowest BCUT2D eigenvalue weighted by molar-refractivity contribution is 0.0684. The summed E-state index contributed by atoms with van der Waals surface area (Å²) in [5.41, 5.74) is 13.2. The van der Waals surface area contributed by atoms with Crippen LogP contribution in [0.5, 0.6) is 11.5 Å². The van der Waals surface area contributed by atoms with Crippen LogP contribution < -0.4 is 16.2 Å². The van der Waals surface area contributed by atoms with Gasteiger partial charge in [0.25, 0.3) is 0 Å². The number of anilines is 2. The molecule has 2 aromatic heterocycles. The third kappa shape index (κ3) is 5.63. The molecule has 0 unspecified atom stereocenters. The summed E-state index contributed by atoms with van der Waals surface area (Å²) >= 11 is 0. The van der Waals surface area contributed by atoms with Crippen molar-refractivity contribution < 1.29 is 38.5 Å². The van der Waals surface area contributed by atoms with Gasteiger partial charge in [0.2, 0.25) is 0 Å². The summed E-state index contributed by atoms with van der Waals surface area (Å²) in [7, 11) is 1.50. The zero-order valence-electron chi connectivity index (χ0n) is 19.6. The SMILES string of the molecule is Br.COc1c(N)cccc1-c1cc(C(=O)O)c(C)o1.Cc1oc(-c2cccc(N)c2O)cc1C(=O)O. The molecular weight excluding hydrogens is 536 g/mol. The van der Waals surface area contributed by atoms with Gasteiger partial charge in [-0.3, -0.25) is 0 Å². The topological polar surface area (TPSA) is 182 Å². The molecule has 0 amide bonds. The fourth-order valence-electron chi connectivity index (χ4n) is 3.39. The molecule has 0 aliphatic carbocycles. The highest BCUT2D eigenvalue weighted by Crippen LogP contribution is 2.37. The van der Waals surface area contributed by atoms with Gasteiger partial charge in [-0.25, -0.2) is 9.59 Å². The Kier molecular flexibility index (Phi) is 8.80. The monoisotopic (exact) mass is 560 g/mol. The maximum absolute atomic E-state index is 11.0. The van der Waals surface area contributed by atoms with Crippen LogP contribution in [-0.2, 0) is 0 Å². The Bertz CT molecular complexity index is 1410. The number of aromatic hydroxyl groups is 1. The van der Waals surface area contributed by atoms with Gasteiger partial charge in [0, 0.05) is 0 Å². The van der Waals surface area contributed by atoms with E-state index in [-0.39, 0.29) is 51.1 Å². The van der Waals surface area contributed by atoms with Gasteiger partial charge in [0.15, 0.2) is 5.75 Å². The third-order valence-corrected chi connectivity index (χ3v) is 5.14. The van der Waals surface area contributed by atoms with Crippen LogP contribution in [0.1, 0.15) is 32.2 Å². The van der Waals surface area contributed by atoms with E-state index in [1.54, 1.807) is 50.2 Å². The standard InChI is InChI=1S/C13H13NO4.C12H11NO4.BrH/c1-7-9(13(15)16)6-11(18-7)8-4-3-5-10(14)12(8)17-2;1-6-8(12(15)16)5-10(17-6)7-3-2-4-9(13)11(7)14;/h3-6H,14H2,1-2H3,(H,15,16);2-5,14H,13H2,1H3,(H,15,16);1H. The average Bonchev–Trinajstić information content (AvgIpc) is 3.38. The molecule has 2 heterocycles. The number of aromatic carboxylic acids is 2. The minimum atomic E-state index is -1.07. The summed E-state index contributed by atoms with van der Waals surface area (Å²) in [6, 6.07) is 12.9. The molecule has 10 nitrogen and oxygen atoms in total. The minimum Gasteiger partial charge on any atom is -0.505 e. The van der Waals surface area contributed by atoms with Crippen molar-refractivity contribution in [1.82, 2.24) is 0 Å². The first-order chi connectivity index (χ1) is 16.5. The summed E-state index contributed by atoms with van der Waals surface area (Å²) in [4.78, 5) is 21.8. The fourth-order valence-corrected chi connectivity index (χ4v) is 3.39. The van der Waals surface area contributed by atoms with Crippen molar-refractivity contribution >= 4 is 40.3 Å². The Morgan fingerprint density at radius 2 is 1.25 bits per heavy atom. The van der Waals surface area contributed by atoms with Crippen molar-refractivity contribution in [3.63, 3.8) is 0 Å². The number of carboxylic acids is 2. The summed E-state index contributed by atoms with van der Waals surface area (Å²) in [6.45, 7) is 3.15. The summed E-state index contributed by atoms with van der Waals surface area (Å²) < 4.78 is 16.0. The van der Waals surface area contributed by atoms with Crippen molar-refractivity contribution in [3.05, 3.63) is 71.2 Å². The number of rotatable bonds is 5. The Morgan fingerprint density at radius 1 is 0.806 bits per heavy atom. The number of aryl methyl sites for hydroxylation is 2. The van der Waals surface area contributed by atoms with Gasteiger partial charge in [-0.1, -0.05) is 12.1 Å². The predicted octanol–water partition coefficient (Wildman–Crippen LogP) is 5.36. The zero-order valence-corrected chi connectivity index (χ0v) is 21.3. The number of halogens is 1. The van der Waals surface area contributed by atoms with E-state index in [1.807, 2.05) is 0 Å². The van der Waals surface area contributed by atoms with Crippen LogP contribution in [0.25, 0.3) is 22.6 Å². The summed E-state index contributed by atoms with van der Waals surface area (Å²) in [6.07, 6.45) is 0. The largest absolute Gasteiger partial charge is 0.505 e. The number of phenolic OH excluding ortho intramolecular Hbond substituents is 1. The zero-order chi connectivity index (χ0) is 25.9. The molecule has 0 aliphatic heterocycles. The van der Waals surface area contributed by atoms with Gasteiger partial charge in [0.05, 0.1) is 29.6 Å². The van der Waals surface area contributed by atoms with Gasteiger partial charge in [-0.15, -0.1) is 17.0 Å². The highest BCUT2D eigenvalue weighted by molar-refractivity contribution is 8.93. The molecule has 0 atom stereocenters. The number of nitrogen functional groups attached to an aromatic ring is 2. The number of para-hydroxylation sites is 2. The Morgan fingerprint density at radius 3 is 1.69 bits per heavy atom. The lowest BCUT2D eigenvalue weighted by atomic mass is 10.1. The third-order valence-electron chi connectivity index (χ3n) is 5.14. The van der Waals surface area contributed by atoms with Crippen molar-refractivity contribution in [2.75, 3.05) is 18.6 Å². The molecule has 4 aromatic rings. The van der Waals surface area contributed by atoms with Gasteiger partial charge in [0.1, 0.15) is 39.9 Å². The fraction of sp³-hybridized carbons (Fsp3) is 0.120. The van der Waals surface area contributed by atoms with E-state index in [0.717, 1.165) is 0 Å². The minimum absolute atomic E-state index is 0. The molecule has 4 rings (SSSR count). The number of furan rings is 2. The predicted molar refractivity (Wildman–Crippen MR) is 139 cm³/mol. The molecule has 190 valence electrons. The first-order valence-electron chi connectivity index (χ1n) is 10.2. The highest BCUT2D eigenvalue weighted by atomic mass is 79.9. The highest BCUT2D eigenvalue weighted by Gasteiger charge is 2.19. The molecule has 0 saturated carbocycles. The molecule has 0 fully saturated rings. The van der Waals surface area contributed by atoms with E-state index in [1.165, 1.54) is 19.2 Å². The van der Waals surface area contributed by atoms with Gasteiger partial charge >= 0.3 is 11.9 Å². The second-order valence-electron chi connectivity index (χ2n) is 7.44. The normalized spacial score (nSPS) is 10.1. The lowest BCUT2D eigenvalue weighted by Crippen LogP contribution is -1.95. The number of hydrogen-bond acceptors (Lipinski definition) is 8. The van der Waals surface area contributed by atoms with Crippen LogP contribution in [0.4, 0.5) is 11.4 Å². The van der Waals surface area contributed by atoms with E-state index in [0.29, 0.717) is 34.1 Å². The van der Waals surface area contributed by atoms with Crippen LogP contribution in [0.15, 0.2) is 57.4 Å². The molecule has 36 heavy (non-hydrogen) atoms. The van der Waals surface area contributed by atoms with E-state index in [9.17, 15) is 14.7 Å². The van der Waals surface area contributed by atoms with Crippen LogP contribution in [0.3, 0.4) is 0 Å². The summed E-state index contributed by atoms with van der Waals surface area (Å²) in [5.74, 6) is -0.386. The van der Waals surface area contributed by atoms with Crippen molar-refractivity contribution in [3.8, 4) is 34.1 Å². The first kappa shape index (κ1) is 27.9. The first-order valence-corrected chi connectivity index (χ1v) is 10.2. The second kappa shape index (κ2) is 11.4. The van der Waals surface area contributed by atoms with Gasteiger partial charge in [-0.05, 0) is 50.2 Å². The van der Waals surface area contributed by atoms with Gasteiger partial charge in [-0.2, -0.15) is 0 Å². The second-order valence-corrected chi connectivity index (χ2v) is 7.44. The van der Waals surface area contributed by atoms with E-state index in [4.69, 9.17) is 35.3 Å². The number of carbonyl (C=O) groups is 2. The summed E-state index contributed by atoms with van der Waals surface area (Å²) in [5, 5.41) is 27.7. The Balaban J connectivity index is 0.000000247. The Hall–Kier alpha value is -4.38. The van der Waals surface area contributed by atoms with Crippen LogP contribution in [-0.4, -0.2) is 34.4 Å². The lowest BCUT2D eigenvalue weighted by Gasteiger charge is -2.08. The molecule has 0 bridgehead atoms. The van der Waals surface area contributed by atoms with Crippen LogP contribution >= 0.6 is 17.0 Å². The van der Waals surface area contributed by atoms with E-state index < -0.39 is 11.9 Å². The number of ether oxygens (including phenoxy) is 1. The molecule has 0 saturated heterocycles. The number of methoxy groups -OCH3 is 1. The molecular formula is C25H25BrN2O8. The smallest absolute Gasteiger partial charge is 0.339 e.